The number of hydrogen-bond acceptors (Lipinski definition) is 8. The maximum Gasteiger partial charge on any atom is 0.338 e. The maximum atomic E-state index is 13.5. The Hall–Kier alpha value is -3.72. The van der Waals surface area contributed by atoms with Crippen molar-refractivity contribution in [3.05, 3.63) is 84.8 Å². The van der Waals surface area contributed by atoms with Crippen LogP contribution in [-0.4, -0.2) is 28.9 Å². The standard InChI is InChI=1S/C23H19N3O5S/c1-3-29-22(28)19-13(2)25-23-26(20(19)15-6-7-16-17(10-15)31-12-30-16)21(27)18(32-23)9-14-5-4-8-24-11-14/h4-11,20H,3,12H2,1-2H3/b18-9+. The van der Waals surface area contributed by atoms with E-state index in [2.05, 4.69) is 9.98 Å². The highest BCUT2D eigenvalue weighted by Crippen LogP contribution is 2.38. The summed E-state index contributed by atoms with van der Waals surface area (Å²) < 4.78 is 18.3. The lowest BCUT2D eigenvalue weighted by molar-refractivity contribution is -0.139. The molecule has 1 aromatic carbocycles. The van der Waals surface area contributed by atoms with Crippen LogP contribution in [-0.2, 0) is 9.53 Å². The van der Waals surface area contributed by atoms with E-state index in [0.717, 1.165) is 5.56 Å². The molecule has 0 aliphatic carbocycles. The molecule has 2 aromatic heterocycles. The van der Waals surface area contributed by atoms with Gasteiger partial charge in [0.1, 0.15) is 0 Å². The van der Waals surface area contributed by atoms with Crippen LogP contribution >= 0.6 is 11.3 Å². The van der Waals surface area contributed by atoms with Crippen molar-refractivity contribution < 1.29 is 19.0 Å². The Morgan fingerprint density at radius 2 is 2.16 bits per heavy atom. The highest BCUT2D eigenvalue weighted by Gasteiger charge is 2.34. The Morgan fingerprint density at radius 3 is 2.94 bits per heavy atom. The third-order valence-corrected chi connectivity index (χ3v) is 6.19. The van der Waals surface area contributed by atoms with Crippen LogP contribution in [0.3, 0.4) is 0 Å². The third kappa shape index (κ3) is 3.40. The van der Waals surface area contributed by atoms with Gasteiger partial charge in [-0.05, 0) is 49.2 Å². The molecule has 0 N–H and O–H groups in total. The molecule has 162 valence electrons. The Morgan fingerprint density at radius 1 is 1.31 bits per heavy atom. The van der Waals surface area contributed by atoms with Crippen molar-refractivity contribution in [2.24, 2.45) is 4.99 Å². The van der Waals surface area contributed by atoms with E-state index >= 15 is 0 Å². The first-order chi connectivity index (χ1) is 15.6. The van der Waals surface area contributed by atoms with Gasteiger partial charge < -0.3 is 14.2 Å². The highest BCUT2D eigenvalue weighted by atomic mass is 32.1. The van der Waals surface area contributed by atoms with Crippen molar-refractivity contribution in [2.45, 2.75) is 19.9 Å². The Labute approximate surface area is 186 Å². The monoisotopic (exact) mass is 449 g/mol. The van der Waals surface area contributed by atoms with Gasteiger partial charge in [-0.25, -0.2) is 9.79 Å². The number of esters is 1. The third-order valence-electron chi connectivity index (χ3n) is 5.21. The van der Waals surface area contributed by atoms with Gasteiger partial charge in [-0.2, -0.15) is 0 Å². The molecule has 0 spiro atoms. The summed E-state index contributed by atoms with van der Waals surface area (Å²) in [7, 11) is 0. The first-order valence-corrected chi connectivity index (χ1v) is 10.9. The Bertz CT molecular complexity index is 1420. The summed E-state index contributed by atoms with van der Waals surface area (Å²) in [5.74, 6) is 0.687. The summed E-state index contributed by atoms with van der Waals surface area (Å²) in [6, 6.07) is 8.38. The number of rotatable bonds is 4. The van der Waals surface area contributed by atoms with Crippen molar-refractivity contribution in [2.75, 3.05) is 13.4 Å². The molecule has 0 amide bonds. The number of benzene rings is 1. The normalized spacial score (nSPS) is 17.2. The van der Waals surface area contributed by atoms with Gasteiger partial charge in [-0.3, -0.25) is 14.3 Å². The zero-order valence-corrected chi connectivity index (χ0v) is 18.2. The summed E-state index contributed by atoms with van der Waals surface area (Å²) in [5, 5.41) is 0. The second kappa shape index (κ2) is 8.08. The van der Waals surface area contributed by atoms with E-state index in [0.29, 0.717) is 37.7 Å². The van der Waals surface area contributed by atoms with Crippen LogP contribution in [0.25, 0.3) is 6.08 Å². The second-order valence-corrected chi connectivity index (χ2v) is 8.21. The van der Waals surface area contributed by atoms with E-state index < -0.39 is 12.0 Å². The van der Waals surface area contributed by atoms with Gasteiger partial charge in [-0.1, -0.05) is 23.5 Å². The molecule has 9 heteroatoms. The van der Waals surface area contributed by atoms with Gasteiger partial charge in [0.25, 0.3) is 5.56 Å². The smallest absolute Gasteiger partial charge is 0.338 e. The molecule has 0 radical (unpaired) electrons. The van der Waals surface area contributed by atoms with E-state index in [1.807, 2.05) is 12.1 Å². The summed E-state index contributed by atoms with van der Waals surface area (Å²) in [6.45, 7) is 3.85. The topological polar surface area (TPSA) is 92.0 Å². The van der Waals surface area contributed by atoms with Gasteiger partial charge in [-0.15, -0.1) is 0 Å². The predicted octanol–water partition coefficient (Wildman–Crippen LogP) is 1.92. The molecule has 8 nitrogen and oxygen atoms in total. The van der Waals surface area contributed by atoms with Crippen molar-refractivity contribution in [1.82, 2.24) is 9.55 Å². The van der Waals surface area contributed by atoms with E-state index in [-0.39, 0.29) is 19.0 Å². The quantitative estimate of drug-likeness (QED) is 0.565. The molecule has 0 bridgehead atoms. The first-order valence-electron chi connectivity index (χ1n) is 10.1. The number of nitrogens with zero attached hydrogens (tertiary/aromatic N) is 3. The summed E-state index contributed by atoms with van der Waals surface area (Å²) in [6.07, 6.45) is 5.13. The predicted molar refractivity (Wildman–Crippen MR) is 117 cm³/mol. The Balaban J connectivity index is 1.73. The average molecular weight is 449 g/mol. The minimum Gasteiger partial charge on any atom is -0.463 e. The van der Waals surface area contributed by atoms with Crippen molar-refractivity contribution >= 4 is 23.4 Å². The number of carbonyl (C=O) groups excluding carboxylic acids is 1. The molecule has 0 saturated heterocycles. The number of carbonyl (C=O) groups is 1. The largest absolute Gasteiger partial charge is 0.463 e. The van der Waals surface area contributed by atoms with Gasteiger partial charge in [0.15, 0.2) is 16.3 Å². The van der Waals surface area contributed by atoms with Crippen molar-refractivity contribution in [3.63, 3.8) is 0 Å². The fraction of sp³-hybridized carbons (Fsp3) is 0.217. The number of fused-ring (bicyclic) bond motifs is 2. The number of thiazole rings is 1. The lowest BCUT2D eigenvalue weighted by Crippen LogP contribution is -2.39. The molecule has 4 heterocycles. The van der Waals surface area contributed by atoms with Gasteiger partial charge in [0.2, 0.25) is 6.79 Å². The summed E-state index contributed by atoms with van der Waals surface area (Å²) in [5.41, 5.74) is 2.11. The van der Waals surface area contributed by atoms with Gasteiger partial charge in [0, 0.05) is 12.4 Å². The van der Waals surface area contributed by atoms with E-state index in [9.17, 15) is 9.59 Å². The fourth-order valence-corrected chi connectivity index (χ4v) is 4.85. The summed E-state index contributed by atoms with van der Waals surface area (Å²) >= 11 is 1.27. The second-order valence-electron chi connectivity index (χ2n) is 7.20. The molecule has 1 atom stereocenters. The average Bonchev–Trinajstić information content (AvgIpc) is 3.37. The molecule has 3 aromatic rings. The van der Waals surface area contributed by atoms with Crippen molar-refractivity contribution in [3.8, 4) is 11.5 Å². The number of ether oxygens (including phenoxy) is 3. The highest BCUT2D eigenvalue weighted by molar-refractivity contribution is 7.07. The van der Waals surface area contributed by atoms with E-state index in [1.165, 1.54) is 11.3 Å². The maximum absolute atomic E-state index is 13.5. The molecule has 0 saturated carbocycles. The lowest BCUT2D eigenvalue weighted by atomic mass is 9.95. The van der Waals surface area contributed by atoms with Crippen LogP contribution in [0.2, 0.25) is 0 Å². The van der Waals surface area contributed by atoms with Crippen LogP contribution in [0.5, 0.6) is 11.5 Å². The van der Waals surface area contributed by atoms with Crippen LogP contribution in [0.15, 0.2) is 63.8 Å². The first kappa shape index (κ1) is 20.2. The number of allylic oxidation sites excluding steroid dienone is 1. The fourth-order valence-electron chi connectivity index (χ4n) is 3.80. The number of aromatic nitrogens is 2. The minimum absolute atomic E-state index is 0.131. The SMILES string of the molecule is CCOC(=O)C1=C(C)N=c2s/c(=C/c3cccnc3)c(=O)n2C1c1ccc2c(c1)OCO2. The van der Waals surface area contributed by atoms with Crippen LogP contribution < -0.4 is 24.4 Å². The van der Waals surface area contributed by atoms with Crippen LogP contribution in [0.1, 0.15) is 31.0 Å². The van der Waals surface area contributed by atoms with E-state index in [4.69, 9.17) is 14.2 Å². The lowest BCUT2D eigenvalue weighted by Gasteiger charge is -2.24. The molecule has 0 fully saturated rings. The minimum atomic E-state index is -0.698. The number of pyridine rings is 1. The van der Waals surface area contributed by atoms with Crippen LogP contribution in [0, 0.1) is 0 Å². The Kier molecular flexibility index (Phi) is 5.10. The van der Waals surface area contributed by atoms with E-state index in [1.54, 1.807) is 55.1 Å². The molecular weight excluding hydrogens is 430 g/mol. The molecule has 1 unspecified atom stereocenters. The molecule has 2 aliphatic heterocycles. The molecule has 32 heavy (non-hydrogen) atoms. The molecular formula is C23H19N3O5S. The van der Waals surface area contributed by atoms with Gasteiger partial charge in [0.05, 0.1) is 28.5 Å². The zero-order valence-electron chi connectivity index (χ0n) is 17.4. The van der Waals surface area contributed by atoms with Crippen LogP contribution in [0.4, 0.5) is 0 Å². The van der Waals surface area contributed by atoms with Gasteiger partial charge >= 0.3 is 5.97 Å². The molecule has 5 rings (SSSR count). The molecule has 2 aliphatic rings. The zero-order chi connectivity index (χ0) is 22.2. The summed E-state index contributed by atoms with van der Waals surface area (Å²) in [4.78, 5) is 35.6. The number of hydrogen-bond donors (Lipinski definition) is 0. The van der Waals surface area contributed by atoms with Crippen molar-refractivity contribution in [1.29, 1.82) is 0 Å².